The van der Waals surface area contributed by atoms with Gasteiger partial charge in [-0.1, -0.05) is 0 Å². The molecule has 2 N–H and O–H groups in total. The van der Waals surface area contributed by atoms with Crippen molar-refractivity contribution < 1.29 is 26.6 Å². The van der Waals surface area contributed by atoms with Crippen LogP contribution in [0.2, 0.25) is 0 Å². The van der Waals surface area contributed by atoms with Gasteiger partial charge in [0.1, 0.15) is 0 Å². The predicted molar refractivity (Wildman–Crippen MR) is 29.5 cm³/mol. The van der Waals surface area contributed by atoms with Crippen molar-refractivity contribution in [2.24, 2.45) is 0 Å². The largest absolute Gasteiger partial charge is 0.442 e. The number of carbonyl (C=O) groups is 2. The van der Waals surface area contributed by atoms with Gasteiger partial charge in [-0.05, 0) is 0 Å². The molecule has 0 aromatic heterocycles. The van der Waals surface area contributed by atoms with E-state index >= 15 is 0 Å². The topological polar surface area (TPSA) is 111 Å². The summed E-state index contributed by atoms with van der Waals surface area (Å²) in [7, 11) is -4.39. The molecule has 9 heteroatoms. The van der Waals surface area contributed by atoms with Gasteiger partial charge in [0, 0.05) is 0 Å². The van der Waals surface area contributed by atoms with Crippen LogP contribution in [0.25, 0.3) is 0 Å². The van der Waals surface area contributed by atoms with Crippen LogP contribution in [0.15, 0.2) is 0 Å². The number of hydrogen-bond donors (Lipinski definition) is 2. The van der Waals surface area contributed by atoms with E-state index < -0.39 is 10.4 Å². The fourth-order valence-corrected chi connectivity index (χ4v) is 0.522. The second-order valence-corrected chi connectivity index (χ2v) is 2.20. The Morgan fingerprint density at radius 2 is 1.36 bits per heavy atom. The van der Waals surface area contributed by atoms with Crippen LogP contribution in [0.5, 0.6) is 0 Å². The molecule has 0 fully saturated rings. The molecule has 0 radical (unpaired) electrons. The van der Waals surface area contributed by atoms with Gasteiger partial charge in [0.15, 0.2) is 0 Å². The fraction of sp³-hybridized carbons (Fsp3) is 0. The Hall–Kier alpha value is -1.19. The Balaban J connectivity index is 3.80. The third-order valence-corrected chi connectivity index (χ3v) is 0.997. The molecule has 0 aromatic carbocycles. The maximum Gasteiger partial charge on any atom is 0.442 e. The Kier molecular flexibility index (Phi) is 4.10. The molecule has 0 spiro atoms. The lowest BCUT2D eigenvalue weighted by Crippen LogP contribution is -2.25. The van der Waals surface area contributed by atoms with Crippen molar-refractivity contribution in [2.45, 2.75) is 0 Å². The first-order chi connectivity index (χ1) is 5.12. The molecular formula is C2H4N2O6S. The minimum absolute atomic E-state index is 0.0260. The van der Waals surface area contributed by atoms with E-state index in [2.05, 4.69) is 8.57 Å². The third kappa shape index (κ3) is 5.26. The third-order valence-electron chi connectivity index (χ3n) is 0.397. The number of rotatable bonds is 6. The Labute approximate surface area is 61.7 Å². The van der Waals surface area contributed by atoms with Gasteiger partial charge < -0.3 is 0 Å². The molecule has 0 saturated carbocycles. The summed E-state index contributed by atoms with van der Waals surface area (Å²) in [5.74, 6) is 0. The molecule has 64 valence electrons. The minimum Gasteiger partial charge on any atom is -0.277 e. The van der Waals surface area contributed by atoms with Gasteiger partial charge in [-0.15, -0.1) is 8.57 Å². The molecule has 2 amide bonds. The highest BCUT2D eigenvalue weighted by atomic mass is 32.3. The maximum atomic E-state index is 10.3. The predicted octanol–water partition coefficient (Wildman–Crippen LogP) is -2.41. The lowest BCUT2D eigenvalue weighted by molar-refractivity contribution is -0.117. The van der Waals surface area contributed by atoms with Crippen molar-refractivity contribution in [3.63, 3.8) is 0 Å². The lowest BCUT2D eigenvalue weighted by Gasteiger charge is -1.99. The number of nitrogens with one attached hydrogen (secondary N) is 2. The van der Waals surface area contributed by atoms with Crippen LogP contribution < -0.4 is 11.0 Å². The first kappa shape index (κ1) is 9.81. The van der Waals surface area contributed by atoms with Gasteiger partial charge in [0.05, 0.1) is 0 Å². The van der Waals surface area contributed by atoms with E-state index in [4.69, 9.17) is 0 Å². The highest BCUT2D eigenvalue weighted by Crippen LogP contribution is 1.86. The summed E-state index contributed by atoms with van der Waals surface area (Å²) < 4.78 is 27.7. The normalized spacial score (nSPS) is 10.2. The van der Waals surface area contributed by atoms with Crippen LogP contribution in [0.4, 0.5) is 0 Å². The van der Waals surface area contributed by atoms with Crippen LogP contribution in [0.3, 0.4) is 0 Å². The van der Waals surface area contributed by atoms with Gasteiger partial charge in [0.25, 0.3) is 0 Å². The van der Waals surface area contributed by atoms with Gasteiger partial charge in [-0.25, -0.2) is 11.0 Å². The van der Waals surface area contributed by atoms with Crippen molar-refractivity contribution in [3.8, 4) is 0 Å². The van der Waals surface area contributed by atoms with E-state index in [0.29, 0.717) is 0 Å². The van der Waals surface area contributed by atoms with E-state index in [0.717, 1.165) is 0 Å². The van der Waals surface area contributed by atoms with E-state index in [1.54, 1.807) is 0 Å². The average molecular weight is 184 g/mol. The van der Waals surface area contributed by atoms with Crippen molar-refractivity contribution in [1.82, 2.24) is 11.0 Å². The summed E-state index contributed by atoms with van der Waals surface area (Å²) in [4.78, 5) is 19.0. The van der Waals surface area contributed by atoms with E-state index in [-0.39, 0.29) is 12.8 Å². The van der Waals surface area contributed by atoms with Crippen molar-refractivity contribution in [2.75, 3.05) is 0 Å². The first-order valence-electron chi connectivity index (χ1n) is 2.12. The molecule has 0 aliphatic rings. The second-order valence-electron chi connectivity index (χ2n) is 1.05. The number of carbonyl (C=O) groups excluding carboxylic acids is 2. The average Bonchev–Trinajstić information content (AvgIpc) is 1.97. The molecule has 0 rings (SSSR count). The summed E-state index contributed by atoms with van der Waals surface area (Å²) in [6, 6.07) is 0. The number of hydroxylamine groups is 2. The summed E-state index contributed by atoms with van der Waals surface area (Å²) in [6.45, 7) is 0. The second kappa shape index (κ2) is 4.60. The van der Waals surface area contributed by atoms with Crippen molar-refractivity contribution >= 4 is 23.2 Å². The maximum absolute atomic E-state index is 10.3. The monoisotopic (exact) mass is 184 g/mol. The first-order valence-corrected chi connectivity index (χ1v) is 3.46. The van der Waals surface area contributed by atoms with E-state index in [9.17, 15) is 18.0 Å². The van der Waals surface area contributed by atoms with Gasteiger partial charge >= 0.3 is 10.4 Å². The molecule has 0 heterocycles. The quantitative estimate of drug-likeness (QED) is 0.351. The molecule has 8 nitrogen and oxygen atoms in total. The molecule has 0 unspecified atom stereocenters. The summed E-state index contributed by atoms with van der Waals surface area (Å²) >= 11 is 0. The summed E-state index contributed by atoms with van der Waals surface area (Å²) in [5.41, 5.74) is 2.70. The van der Waals surface area contributed by atoms with Crippen LogP contribution in [0.1, 0.15) is 0 Å². The van der Waals surface area contributed by atoms with Gasteiger partial charge in [-0.3, -0.25) is 9.59 Å². The zero-order valence-corrected chi connectivity index (χ0v) is 5.83. The summed E-state index contributed by atoms with van der Waals surface area (Å²) in [5, 5.41) is 0. The molecular weight excluding hydrogens is 180 g/mol. The molecule has 0 aliphatic heterocycles. The van der Waals surface area contributed by atoms with Gasteiger partial charge in [0.2, 0.25) is 12.8 Å². The molecule has 0 bridgehead atoms. The molecule has 0 aliphatic carbocycles. The van der Waals surface area contributed by atoms with E-state index in [1.165, 1.54) is 11.0 Å². The zero-order valence-electron chi connectivity index (χ0n) is 5.01. The molecule has 0 atom stereocenters. The fourth-order valence-electron chi connectivity index (χ4n) is 0.174. The lowest BCUT2D eigenvalue weighted by atomic mass is 11.5. The highest BCUT2D eigenvalue weighted by Gasteiger charge is 2.10. The molecule has 0 aromatic rings. The summed E-state index contributed by atoms with van der Waals surface area (Å²) in [6.07, 6.45) is -0.0519. The standard InChI is InChI=1S/C2H4N2O6S/c5-1-3-9-11(7,8)10-4-2-6/h1-2H,(H,3,5)(H,4,6). The van der Waals surface area contributed by atoms with Crippen molar-refractivity contribution in [3.05, 3.63) is 0 Å². The van der Waals surface area contributed by atoms with Crippen LogP contribution in [-0.4, -0.2) is 21.2 Å². The minimum atomic E-state index is -4.39. The van der Waals surface area contributed by atoms with Gasteiger partial charge in [-0.2, -0.15) is 8.42 Å². The highest BCUT2D eigenvalue weighted by molar-refractivity contribution is 7.81. The SMILES string of the molecule is O=CNOS(=O)(=O)ONC=O. The molecule has 11 heavy (non-hydrogen) atoms. The van der Waals surface area contributed by atoms with E-state index in [1.807, 2.05) is 0 Å². The molecule has 0 saturated heterocycles. The van der Waals surface area contributed by atoms with Crippen molar-refractivity contribution in [1.29, 1.82) is 0 Å². The van der Waals surface area contributed by atoms with Crippen LogP contribution in [-0.2, 0) is 28.6 Å². The zero-order chi connectivity index (χ0) is 8.74. The Bertz CT molecular complexity index is 203. The number of hydrogen-bond acceptors (Lipinski definition) is 6. The Morgan fingerprint density at radius 3 is 1.64 bits per heavy atom. The number of amides is 2. The Morgan fingerprint density at radius 1 is 1.00 bits per heavy atom. The van der Waals surface area contributed by atoms with Crippen LogP contribution >= 0.6 is 0 Å². The van der Waals surface area contributed by atoms with Crippen LogP contribution in [0, 0.1) is 0 Å². The smallest absolute Gasteiger partial charge is 0.277 e.